The lowest BCUT2D eigenvalue weighted by atomic mass is 10.1. The molecule has 0 aliphatic heterocycles. The molecule has 1 aromatic rings. The van der Waals surface area contributed by atoms with Gasteiger partial charge in [-0.2, -0.15) is 0 Å². The molecule has 0 aliphatic carbocycles. The Morgan fingerprint density at radius 3 is 2.71 bits per heavy atom. The standard InChI is InChI=1S/C14H20F2N2O3/c1-20-8-9-21-7-3-2-6-18-14(19)12-10(15)4-5-11(17)13(12)16/h4-5H,2-3,6-9,17H2,1H3,(H,18,19). The molecule has 0 atom stereocenters. The SMILES string of the molecule is COCCOCCCCNC(=O)c1c(F)ccc(N)c1F. The minimum Gasteiger partial charge on any atom is -0.396 e. The summed E-state index contributed by atoms with van der Waals surface area (Å²) in [4.78, 5) is 11.7. The van der Waals surface area contributed by atoms with Gasteiger partial charge in [0.15, 0.2) is 5.82 Å². The van der Waals surface area contributed by atoms with Gasteiger partial charge in [0.05, 0.1) is 18.9 Å². The van der Waals surface area contributed by atoms with Crippen molar-refractivity contribution in [2.24, 2.45) is 0 Å². The average Bonchev–Trinajstić information content (AvgIpc) is 2.46. The predicted molar refractivity (Wildman–Crippen MR) is 75.0 cm³/mol. The molecule has 3 N–H and O–H groups in total. The molecule has 5 nitrogen and oxygen atoms in total. The van der Waals surface area contributed by atoms with E-state index in [0.717, 1.165) is 18.6 Å². The minimum absolute atomic E-state index is 0.256. The highest BCUT2D eigenvalue weighted by atomic mass is 19.1. The van der Waals surface area contributed by atoms with E-state index in [2.05, 4.69) is 5.32 Å². The van der Waals surface area contributed by atoms with E-state index in [0.29, 0.717) is 32.8 Å². The molecule has 1 amide bonds. The third kappa shape index (κ3) is 5.65. The number of rotatable bonds is 9. The van der Waals surface area contributed by atoms with Gasteiger partial charge in [-0.25, -0.2) is 8.78 Å². The zero-order valence-corrected chi connectivity index (χ0v) is 12.0. The second kappa shape index (κ2) is 9.25. The first kappa shape index (κ1) is 17.3. The highest BCUT2D eigenvalue weighted by Gasteiger charge is 2.18. The molecule has 0 aliphatic rings. The van der Waals surface area contributed by atoms with Gasteiger partial charge in [0.2, 0.25) is 0 Å². The van der Waals surface area contributed by atoms with Crippen LogP contribution in [0.15, 0.2) is 12.1 Å². The number of nitrogen functional groups attached to an aromatic ring is 1. The van der Waals surface area contributed by atoms with Crippen molar-refractivity contribution in [2.45, 2.75) is 12.8 Å². The van der Waals surface area contributed by atoms with Gasteiger partial charge < -0.3 is 20.5 Å². The molecule has 0 aromatic heterocycles. The van der Waals surface area contributed by atoms with Gasteiger partial charge in [-0.1, -0.05) is 0 Å². The van der Waals surface area contributed by atoms with Crippen LogP contribution in [0.2, 0.25) is 0 Å². The normalized spacial score (nSPS) is 10.6. The van der Waals surface area contributed by atoms with Gasteiger partial charge in [0, 0.05) is 20.3 Å². The highest BCUT2D eigenvalue weighted by molar-refractivity contribution is 5.95. The van der Waals surface area contributed by atoms with Crippen molar-refractivity contribution >= 4 is 11.6 Å². The Morgan fingerprint density at radius 1 is 1.24 bits per heavy atom. The van der Waals surface area contributed by atoms with Gasteiger partial charge >= 0.3 is 0 Å². The van der Waals surface area contributed by atoms with E-state index >= 15 is 0 Å². The summed E-state index contributed by atoms with van der Waals surface area (Å²) in [7, 11) is 1.59. The van der Waals surface area contributed by atoms with Crippen LogP contribution >= 0.6 is 0 Å². The Bertz CT molecular complexity index is 470. The zero-order chi connectivity index (χ0) is 15.7. The van der Waals surface area contributed by atoms with Gasteiger partial charge in [-0.15, -0.1) is 0 Å². The molecule has 21 heavy (non-hydrogen) atoms. The molecule has 0 saturated carbocycles. The highest BCUT2D eigenvalue weighted by Crippen LogP contribution is 2.18. The van der Waals surface area contributed by atoms with Gasteiger partial charge in [-0.3, -0.25) is 4.79 Å². The quantitative estimate of drug-likeness (QED) is 0.538. The lowest BCUT2D eigenvalue weighted by Gasteiger charge is -2.08. The number of carbonyl (C=O) groups excluding carboxylic acids is 1. The monoisotopic (exact) mass is 302 g/mol. The average molecular weight is 302 g/mol. The fraction of sp³-hybridized carbons (Fsp3) is 0.500. The van der Waals surface area contributed by atoms with Crippen molar-refractivity contribution in [1.29, 1.82) is 0 Å². The fourth-order valence-electron chi connectivity index (χ4n) is 1.64. The van der Waals surface area contributed by atoms with Crippen LogP contribution in [-0.4, -0.2) is 39.4 Å². The van der Waals surface area contributed by atoms with E-state index in [1.165, 1.54) is 0 Å². The van der Waals surface area contributed by atoms with Gasteiger partial charge in [0.25, 0.3) is 5.91 Å². The summed E-state index contributed by atoms with van der Waals surface area (Å²) in [5, 5.41) is 2.46. The van der Waals surface area contributed by atoms with Crippen molar-refractivity contribution in [3.05, 3.63) is 29.3 Å². The van der Waals surface area contributed by atoms with Crippen molar-refractivity contribution in [3.8, 4) is 0 Å². The number of methoxy groups -OCH3 is 1. The first-order chi connectivity index (χ1) is 10.1. The summed E-state index contributed by atoms with van der Waals surface area (Å²) < 4.78 is 37.1. The van der Waals surface area contributed by atoms with Crippen molar-refractivity contribution in [2.75, 3.05) is 39.2 Å². The fourth-order valence-corrected chi connectivity index (χ4v) is 1.64. The number of hydrogen-bond donors (Lipinski definition) is 2. The molecule has 0 fully saturated rings. The van der Waals surface area contributed by atoms with Gasteiger partial charge in [-0.05, 0) is 25.0 Å². The van der Waals surface area contributed by atoms with E-state index < -0.39 is 23.1 Å². The first-order valence-corrected chi connectivity index (χ1v) is 6.66. The molecule has 118 valence electrons. The maximum Gasteiger partial charge on any atom is 0.257 e. The van der Waals surface area contributed by atoms with Crippen LogP contribution in [0.1, 0.15) is 23.2 Å². The first-order valence-electron chi connectivity index (χ1n) is 6.66. The second-order valence-electron chi connectivity index (χ2n) is 4.39. The van der Waals surface area contributed by atoms with Crippen molar-refractivity contribution in [1.82, 2.24) is 5.32 Å². The van der Waals surface area contributed by atoms with E-state index in [-0.39, 0.29) is 5.69 Å². The maximum atomic E-state index is 13.6. The molecule has 0 heterocycles. The number of unbranched alkanes of at least 4 members (excludes halogenated alkanes) is 1. The Labute approximate surface area is 122 Å². The van der Waals surface area contributed by atoms with Crippen molar-refractivity contribution in [3.63, 3.8) is 0 Å². The molecule has 1 aromatic carbocycles. The number of hydrogen-bond acceptors (Lipinski definition) is 4. The third-order valence-corrected chi connectivity index (χ3v) is 2.78. The topological polar surface area (TPSA) is 73.6 Å². The van der Waals surface area contributed by atoms with Crippen LogP contribution in [-0.2, 0) is 9.47 Å². The number of nitrogens with one attached hydrogen (secondary N) is 1. The Hall–Kier alpha value is -1.73. The van der Waals surface area contributed by atoms with Crippen LogP contribution in [0, 0.1) is 11.6 Å². The Balaban J connectivity index is 2.30. The number of ether oxygens (including phenoxy) is 2. The summed E-state index contributed by atoms with van der Waals surface area (Å²) in [6, 6.07) is 2.05. The number of amides is 1. The summed E-state index contributed by atoms with van der Waals surface area (Å²) in [6.45, 7) is 1.90. The molecular formula is C14H20F2N2O3. The van der Waals surface area contributed by atoms with Crippen LogP contribution in [0.25, 0.3) is 0 Å². The largest absolute Gasteiger partial charge is 0.396 e. The predicted octanol–water partition coefficient (Wildman–Crippen LogP) is 1.72. The van der Waals surface area contributed by atoms with Crippen LogP contribution in [0.5, 0.6) is 0 Å². The maximum absolute atomic E-state index is 13.6. The Morgan fingerprint density at radius 2 is 2.00 bits per heavy atom. The van der Waals surface area contributed by atoms with Crippen LogP contribution in [0.3, 0.4) is 0 Å². The molecule has 1 rings (SSSR count). The molecule has 0 spiro atoms. The minimum atomic E-state index is -1.03. The van der Waals surface area contributed by atoms with E-state index in [9.17, 15) is 13.6 Å². The zero-order valence-electron chi connectivity index (χ0n) is 12.0. The number of benzene rings is 1. The number of carbonyl (C=O) groups is 1. The lowest BCUT2D eigenvalue weighted by molar-refractivity contribution is 0.0686. The molecule has 0 unspecified atom stereocenters. The van der Waals surface area contributed by atoms with Gasteiger partial charge in [0.1, 0.15) is 11.4 Å². The molecule has 7 heteroatoms. The summed E-state index contributed by atoms with van der Waals surface area (Å²) >= 11 is 0. The van der Waals surface area contributed by atoms with E-state index in [4.69, 9.17) is 15.2 Å². The van der Waals surface area contributed by atoms with Crippen molar-refractivity contribution < 1.29 is 23.0 Å². The third-order valence-electron chi connectivity index (χ3n) is 2.78. The summed E-state index contributed by atoms with van der Waals surface area (Å²) in [5.41, 5.74) is 4.41. The smallest absolute Gasteiger partial charge is 0.257 e. The molecule has 0 saturated heterocycles. The summed E-state index contributed by atoms with van der Waals surface area (Å²) in [5.74, 6) is -2.77. The number of nitrogens with two attached hydrogens (primary N) is 1. The van der Waals surface area contributed by atoms with E-state index in [1.54, 1.807) is 7.11 Å². The van der Waals surface area contributed by atoms with Crippen LogP contribution < -0.4 is 11.1 Å². The second-order valence-corrected chi connectivity index (χ2v) is 4.39. The van der Waals surface area contributed by atoms with E-state index in [1.807, 2.05) is 0 Å². The molecule has 0 radical (unpaired) electrons. The molecular weight excluding hydrogens is 282 g/mol. The lowest BCUT2D eigenvalue weighted by Crippen LogP contribution is -2.27. The summed E-state index contributed by atoms with van der Waals surface area (Å²) in [6.07, 6.45) is 1.37. The number of halogens is 2. The molecule has 0 bridgehead atoms. The number of anilines is 1. The Kier molecular flexibility index (Phi) is 7.63. The van der Waals surface area contributed by atoms with Crippen LogP contribution in [0.4, 0.5) is 14.5 Å².